The molecule has 278 valence electrons. The van der Waals surface area contributed by atoms with Crippen molar-refractivity contribution in [1.29, 1.82) is 0 Å². The summed E-state index contributed by atoms with van der Waals surface area (Å²) in [5.41, 5.74) is 7.52. The van der Waals surface area contributed by atoms with E-state index in [0.29, 0.717) is 41.0 Å². The lowest BCUT2D eigenvalue weighted by atomic mass is 9.58. The Bertz CT molecular complexity index is 1840. The number of aromatic nitrogens is 1. The van der Waals surface area contributed by atoms with Crippen LogP contribution in [0.1, 0.15) is 136 Å². The Morgan fingerprint density at radius 3 is 2.35 bits per heavy atom. The smallest absolute Gasteiger partial charge is 0.0491 e. The second kappa shape index (κ2) is 16.4. The lowest BCUT2D eigenvalue weighted by Gasteiger charge is -2.47. The molecule has 0 spiro atoms. The van der Waals surface area contributed by atoms with Crippen molar-refractivity contribution in [3.63, 3.8) is 0 Å². The highest BCUT2D eigenvalue weighted by Crippen LogP contribution is 2.54. The van der Waals surface area contributed by atoms with Gasteiger partial charge in [0.1, 0.15) is 0 Å². The Morgan fingerprint density at radius 2 is 1.54 bits per heavy atom. The molecule has 7 rings (SSSR count). The maximum absolute atomic E-state index is 2.82. The monoisotopic (exact) mass is 697 g/mol. The molecule has 2 nitrogen and oxygen atoms in total. The number of hydrogen-bond donors (Lipinski definition) is 0. The van der Waals surface area contributed by atoms with Crippen LogP contribution in [0.5, 0.6) is 0 Å². The molecule has 3 aromatic carbocycles. The Balaban J connectivity index is 1.10. The molecule has 52 heavy (non-hydrogen) atoms. The molecule has 0 amide bonds. The van der Waals surface area contributed by atoms with Gasteiger partial charge in [-0.25, -0.2) is 0 Å². The fraction of sp³-hybridized carbons (Fsp3) is 0.560. The number of likely N-dealkylation sites (N-methyl/N-ethyl adjacent to an activating group) is 1. The Labute approximate surface area is 316 Å². The Morgan fingerprint density at radius 1 is 0.750 bits per heavy atom. The third kappa shape index (κ3) is 7.18. The van der Waals surface area contributed by atoms with Crippen molar-refractivity contribution in [2.24, 2.45) is 35.0 Å². The summed E-state index contributed by atoms with van der Waals surface area (Å²) in [5, 5.41) is 2.76. The molecular formula is C50H68N2. The van der Waals surface area contributed by atoms with Gasteiger partial charge in [0.05, 0.1) is 0 Å². The molecule has 4 aromatic rings. The van der Waals surface area contributed by atoms with Crippen LogP contribution in [-0.2, 0) is 6.54 Å². The average Bonchev–Trinajstić information content (AvgIpc) is 3.67. The van der Waals surface area contributed by atoms with Gasteiger partial charge >= 0.3 is 0 Å². The van der Waals surface area contributed by atoms with Crippen molar-refractivity contribution >= 4 is 33.6 Å². The third-order valence-corrected chi connectivity index (χ3v) is 14.2. The van der Waals surface area contributed by atoms with Gasteiger partial charge in [-0.3, -0.25) is 0 Å². The Hall–Kier alpha value is -3.26. The van der Waals surface area contributed by atoms with E-state index in [1.807, 2.05) is 0 Å². The summed E-state index contributed by atoms with van der Waals surface area (Å²) >= 11 is 0. The van der Waals surface area contributed by atoms with Crippen LogP contribution < -0.4 is 4.90 Å². The van der Waals surface area contributed by atoms with Gasteiger partial charge in [-0.2, -0.15) is 0 Å². The first kappa shape index (κ1) is 37.1. The van der Waals surface area contributed by atoms with Crippen LogP contribution in [-0.4, -0.2) is 17.2 Å². The molecule has 1 aromatic heterocycles. The number of aryl methyl sites for hydroxylation is 1. The van der Waals surface area contributed by atoms with Gasteiger partial charge in [-0.15, -0.1) is 0 Å². The number of anilines is 1. The predicted molar refractivity (Wildman–Crippen MR) is 227 cm³/mol. The van der Waals surface area contributed by atoms with Gasteiger partial charge in [0.2, 0.25) is 0 Å². The minimum Gasteiger partial charge on any atom is -0.368 e. The molecule has 1 aliphatic heterocycles. The average molecular weight is 697 g/mol. The van der Waals surface area contributed by atoms with Crippen molar-refractivity contribution in [2.45, 2.75) is 137 Å². The first-order chi connectivity index (χ1) is 25.4. The SMILES string of the molecule is CCCCCCC1CC(/C=C/C2(CCCC)CC(C)C(/C=C/c3ccc4c(c3)c3ccccc3n4CC)CC2C)CC2c3ccccc3N(CC)C12. The molecule has 2 heteroatoms. The molecule has 2 saturated carbocycles. The largest absolute Gasteiger partial charge is 0.368 e. The van der Waals surface area contributed by atoms with Crippen LogP contribution >= 0.6 is 0 Å². The topological polar surface area (TPSA) is 8.17 Å². The second-order valence-electron chi connectivity index (χ2n) is 17.4. The summed E-state index contributed by atoms with van der Waals surface area (Å²) in [5.74, 6) is 4.16. The lowest BCUT2D eigenvalue weighted by molar-refractivity contribution is 0.0824. The normalized spacial score (nSPS) is 29.1. The van der Waals surface area contributed by atoms with E-state index in [1.54, 1.807) is 5.56 Å². The molecule has 2 aliphatic carbocycles. The van der Waals surface area contributed by atoms with Crippen molar-refractivity contribution in [3.05, 3.63) is 96.1 Å². The minimum absolute atomic E-state index is 0.317. The minimum atomic E-state index is 0.317. The van der Waals surface area contributed by atoms with E-state index < -0.39 is 0 Å². The van der Waals surface area contributed by atoms with Gasteiger partial charge in [-0.1, -0.05) is 133 Å². The van der Waals surface area contributed by atoms with Crippen LogP contribution in [0.3, 0.4) is 0 Å². The number of fused-ring (bicyclic) bond motifs is 6. The number of benzene rings is 3. The zero-order valence-corrected chi connectivity index (χ0v) is 33.5. The molecule has 0 bridgehead atoms. The number of rotatable bonds is 14. The van der Waals surface area contributed by atoms with Gasteiger partial charge < -0.3 is 9.47 Å². The Kier molecular flexibility index (Phi) is 11.7. The maximum Gasteiger partial charge on any atom is 0.0491 e. The van der Waals surface area contributed by atoms with Crippen molar-refractivity contribution < 1.29 is 0 Å². The van der Waals surface area contributed by atoms with Gasteiger partial charge in [0.15, 0.2) is 0 Å². The molecule has 8 atom stereocenters. The van der Waals surface area contributed by atoms with Crippen LogP contribution in [0, 0.1) is 35.0 Å². The fourth-order valence-corrected chi connectivity index (χ4v) is 11.4. The van der Waals surface area contributed by atoms with E-state index in [9.17, 15) is 0 Å². The highest BCUT2D eigenvalue weighted by atomic mass is 15.2. The van der Waals surface area contributed by atoms with Crippen molar-refractivity contribution in [1.82, 2.24) is 4.57 Å². The van der Waals surface area contributed by atoms with E-state index >= 15 is 0 Å². The molecule has 0 saturated heterocycles. The maximum atomic E-state index is 2.82. The van der Waals surface area contributed by atoms with Crippen LogP contribution in [0.4, 0.5) is 5.69 Å². The number of nitrogens with zero attached hydrogens (tertiary/aromatic N) is 2. The zero-order chi connectivity index (χ0) is 36.2. The van der Waals surface area contributed by atoms with E-state index in [4.69, 9.17) is 0 Å². The van der Waals surface area contributed by atoms with E-state index in [0.717, 1.165) is 19.0 Å². The first-order valence-corrected chi connectivity index (χ1v) is 21.6. The van der Waals surface area contributed by atoms with E-state index in [-0.39, 0.29) is 0 Å². The summed E-state index contributed by atoms with van der Waals surface area (Å²) in [6, 6.07) is 26.1. The summed E-state index contributed by atoms with van der Waals surface area (Å²) in [7, 11) is 0. The molecule has 2 heterocycles. The van der Waals surface area contributed by atoms with Gasteiger partial charge in [0, 0.05) is 52.5 Å². The van der Waals surface area contributed by atoms with Crippen molar-refractivity contribution in [3.8, 4) is 0 Å². The van der Waals surface area contributed by atoms with Gasteiger partial charge in [-0.05, 0) is 123 Å². The number of unbranched alkanes of at least 4 members (excludes halogenated alkanes) is 4. The summed E-state index contributed by atoms with van der Waals surface area (Å²) in [6.07, 6.45) is 26.8. The highest BCUT2D eigenvalue weighted by Gasteiger charge is 2.47. The molecule has 2 fully saturated rings. The quantitative estimate of drug-likeness (QED) is 0.0941. The predicted octanol–water partition coefficient (Wildman–Crippen LogP) is 14.2. The van der Waals surface area contributed by atoms with Gasteiger partial charge in [0.25, 0.3) is 0 Å². The van der Waals surface area contributed by atoms with Crippen molar-refractivity contribution in [2.75, 3.05) is 11.4 Å². The summed E-state index contributed by atoms with van der Waals surface area (Å²) < 4.78 is 2.46. The fourth-order valence-electron chi connectivity index (χ4n) is 11.4. The van der Waals surface area contributed by atoms with Crippen LogP contribution in [0.15, 0.2) is 85.0 Å². The third-order valence-electron chi connectivity index (χ3n) is 14.2. The zero-order valence-electron chi connectivity index (χ0n) is 33.5. The van der Waals surface area contributed by atoms with E-state index in [2.05, 4.69) is 142 Å². The van der Waals surface area contributed by atoms with E-state index in [1.165, 1.54) is 110 Å². The molecule has 3 aliphatic rings. The highest BCUT2D eigenvalue weighted by molar-refractivity contribution is 6.08. The standard InChI is InChI=1S/C50H68N2/c1-7-11-13-14-19-41-32-39(34-45-43-21-16-18-23-47(43)52(10-4)49(41)45)28-30-50(29-12-8-2)35-36(5)40(31-37(50)6)26-24-38-25-27-48-44(33-38)42-20-15-17-22-46(42)51(48)9-3/h15-18,20-28,30,33,36-37,39-41,45,49H,7-14,19,29,31-32,34-35H2,1-6H3/b26-24+,30-28+. The number of allylic oxidation sites excluding steroid dienone is 3. The number of hydrogen-bond acceptors (Lipinski definition) is 1. The summed E-state index contributed by atoms with van der Waals surface area (Å²) in [6.45, 7) is 16.7. The number of para-hydroxylation sites is 2. The van der Waals surface area contributed by atoms with Crippen LogP contribution in [0.2, 0.25) is 0 Å². The molecular weight excluding hydrogens is 629 g/mol. The molecule has 0 N–H and O–H groups in total. The van der Waals surface area contributed by atoms with Crippen LogP contribution in [0.25, 0.3) is 27.9 Å². The summed E-state index contributed by atoms with van der Waals surface area (Å²) in [4.78, 5) is 2.80. The molecule has 8 unspecified atom stereocenters. The second-order valence-corrected chi connectivity index (χ2v) is 17.4. The molecule has 0 radical (unpaired) electrons. The first-order valence-electron chi connectivity index (χ1n) is 21.6. The lowest BCUT2D eigenvalue weighted by Crippen LogP contribution is -2.44.